The summed E-state index contributed by atoms with van der Waals surface area (Å²) in [5.74, 6) is 0. The molecule has 2 rings (SSSR count). The Balaban J connectivity index is 1.79. The van der Waals surface area contributed by atoms with Crippen LogP contribution in [0.2, 0.25) is 0 Å². The summed E-state index contributed by atoms with van der Waals surface area (Å²) in [5, 5.41) is 0. The Kier molecular flexibility index (Phi) is 3.88. The van der Waals surface area contributed by atoms with Crippen molar-refractivity contribution in [3.05, 3.63) is 36.2 Å². The maximum absolute atomic E-state index is 5.42. The minimum Gasteiger partial charge on any atom is -0.352 e. The lowest BCUT2D eigenvalue weighted by Crippen LogP contribution is -2.23. The fourth-order valence-corrected chi connectivity index (χ4v) is 1.45. The Morgan fingerprint density at radius 2 is 2.20 bits per heavy atom. The van der Waals surface area contributed by atoms with Gasteiger partial charge in [-0.1, -0.05) is 12.1 Å². The van der Waals surface area contributed by atoms with E-state index in [1.165, 1.54) is 0 Å². The molecule has 2 heterocycles. The highest BCUT2D eigenvalue weighted by Gasteiger charge is 2.11. The zero-order chi connectivity index (χ0) is 10.3. The van der Waals surface area contributed by atoms with Crippen molar-refractivity contribution in [2.24, 2.45) is 0 Å². The fourth-order valence-electron chi connectivity index (χ4n) is 1.45. The van der Waals surface area contributed by atoms with Crippen LogP contribution >= 0.6 is 0 Å². The van der Waals surface area contributed by atoms with E-state index in [4.69, 9.17) is 9.47 Å². The van der Waals surface area contributed by atoms with Crippen LogP contribution in [-0.2, 0) is 9.47 Å². The molecule has 1 fully saturated rings. The predicted molar refractivity (Wildman–Crippen MR) is 58.2 cm³/mol. The SMILES string of the molecule is C(=C/c1ccccn1)/CC1OCCCO1. The second kappa shape index (κ2) is 5.63. The minimum absolute atomic E-state index is 0.0706. The number of nitrogens with zero attached hydrogens (tertiary/aromatic N) is 1. The van der Waals surface area contributed by atoms with Gasteiger partial charge in [0.25, 0.3) is 0 Å². The molecule has 0 N–H and O–H groups in total. The van der Waals surface area contributed by atoms with Gasteiger partial charge in [0.15, 0.2) is 6.29 Å². The Labute approximate surface area is 89.7 Å². The quantitative estimate of drug-likeness (QED) is 0.758. The van der Waals surface area contributed by atoms with Gasteiger partial charge in [0, 0.05) is 12.6 Å². The van der Waals surface area contributed by atoms with Crippen molar-refractivity contribution in [1.82, 2.24) is 4.98 Å². The average Bonchev–Trinajstić information content (AvgIpc) is 2.32. The Morgan fingerprint density at radius 1 is 1.33 bits per heavy atom. The van der Waals surface area contributed by atoms with Crippen LogP contribution in [0.5, 0.6) is 0 Å². The molecule has 0 amide bonds. The van der Waals surface area contributed by atoms with Crippen molar-refractivity contribution >= 4 is 6.08 Å². The summed E-state index contributed by atoms with van der Waals surface area (Å²) in [6.07, 6.45) is 7.53. The molecular formula is C12H15NO2. The van der Waals surface area contributed by atoms with E-state index >= 15 is 0 Å². The van der Waals surface area contributed by atoms with Crippen LogP contribution < -0.4 is 0 Å². The molecule has 0 aromatic carbocycles. The van der Waals surface area contributed by atoms with Gasteiger partial charge in [0.2, 0.25) is 0 Å². The monoisotopic (exact) mass is 205 g/mol. The van der Waals surface area contributed by atoms with Crippen molar-refractivity contribution in [1.29, 1.82) is 0 Å². The third-order valence-electron chi connectivity index (χ3n) is 2.20. The third-order valence-corrected chi connectivity index (χ3v) is 2.20. The minimum atomic E-state index is -0.0706. The van der Waals surface area contributed by atoms with Gasteiger partial charge in [-0.15, -0.1) is 0 Å². The molecule has 1 aromatic rings. The zero-order valence-corrected chi connectivity index (χ0v) is 8.63. The molecule has 1 aliphatic heterocycles. The molecule has 0 saturated carbocycles. The zero-order valence-electron chi connectivity index (χ0n) is 8.63. The summed E-state index contributed by atoms with van der Waals surface area (Å²) in [5.41, 5.74) is 0.966. The Hall–Kier alpha value is -1.19. The fraction of sp³-hybridized carbons (Fsp3) is 0.417. The van der Waals surface area contributed by atoms with E-state index in [0.717, 1.165) is 31.7 Å². The molecule has 1 aromatic heterocycles. The van der Waals surface area contributed by atoms with E-state index in [9.17, 15) is 0 Å². The lowest BCUT2D eigenvalue weighted by molar-refractivity contribution is -0.175. The molecule has 80 valence electrons. The highest BCUT2D eigenvalue weighted by molar-refractivity contribution is 5.43. The number of ether oxygens (including phenoxy) is 2. The summed E-state index contributed by atoms with van der Waals surface area (Å²) in [7, 11) is 0. The topological polar surface area (TPSA) is 31.4 Å². The first-order valence-corrected chi connectivity index (χ1v) is 5.26. The highest BCUT2D eigenvalue weighted by atomic mass is 16.7. The van der Waals surface area contributed by atoms with Gasteiger partial charge in [0.05, 0.1) is 18.9 Å². The number of rotatable bonds is 3. The number of hydrogen-bond acceptors (Lipinski definition) is 3. The lowest BCUT2D eigenvalue weighted by atomic mass is 10.3. The first-order chi connectivity index (χ1) is 7.45. The predicted octanol–water partition coefficient (Wildman–Crippen LogP) is 2.25. The van der Waals surface area contributed by atoms with Crippen LogP contribution in [0.15, 0.2) is 30.5 Å². The van der Waals surface area contributed by atoms with Gasteiger partial charge in [-0.05, 0) is 24.6 Å². The maximum Gasteiger partial charge on any atom is 0.160 e. The normalized spacial score (nSPS) is 18.4. The van der Waals surface area contributed by atoms with Crippen LogP contribution in [0.4, 0.5) is 0 Å². The van der Waals surface area contributed by atoms with E-state index in [1.807, 2.05) is 30.4 Å². The molecule has 1 aliphatic rings. The molecule has 15 heavy (non-hydrogen) atoms. The average molecular weight is 205 g/mol. The summed E-state index contributed by atoms with van der Waals surface area (Å²) in [6, 6.07) is 5.85. The summed E-state index contributed by atoms with van der Waals surface area (Å²) < 4.78 is 10.8. The van der Waals surface area contributed by atoms with Crippen molar-refractivity contribution in [3.8, 4) is 0 Å². The van der Waals surface area contributed by atoms with Crippen molar-refractivity contribution in [2.75, 3.05) is 13.2 Å². The third kappa shape index (κ3) is 3.46. The summed E-state index contributed by atoms with van der Waals surface area (Å²) in [6.45, 7) is 1.62. The van der Waals surface area contributed by atoms with Crippen LogP contribution in [0, 0.1) is 0 Å². The standard InChI is InChI=1S/C12H15NO2/c1-2-8-13-11(5-1)6-3-7-12-14-9-4-10-15-12/h1-3,5-6,8,12H,4,7,9-10H2/b6-3-. The molecule has 0 bridgehead atoms. The first kappa shape index (κ1) is 10.3. The molecular weight excluding hydrogens is 190 g/mol. The molecule has 0 radical (unpaired) electrons. The van der Waals surface area contributed by atoms with Gasteiger partial charge in [-0.25, -0.2) is 0 Å². The van der Waals surface area contributed by atoms with Gasteiger partial charge in [0.1, 0.15) is 0 Å². The van der Waals surface area contributed by atoms with Crippen molar-refractivity contribution < 1.29 is 9.47 Å². The van der Waals surface area contributed by atoms with Crippen LogP contribution in [0.25, 0.3) is 6.08 Å². The second-order valence-electron chi connectivity index (χ2n) is 3.42. The second-order valence-corrected chi connectivity index (χ2v) is 3.42. The van der Waals surface area contributed by atoms with Gasteiger partial charge in [-0.3, -0.25) is 4.98 Å². The largest absolute Gasteiger partial charge is 0.352 e. The van der Waals surface area contributed by atoms with Crippen LogP contribution in [0.1, 0.15) is 18.5 Å². The number of pyridine rings is 1. The summed E-state index contributed by atoms with van der Waals surface area (Å²) >= 11 is 0. The molecule has 0 spiro atoms. The van der Waals surface area contributed by atoms with E-state index in [-0.39, 0.29) is 6.29 Å². The van der Waals surface area contributed by atoms with Crippen LogP contribution in [0.3, 0.4) is 0 Å². The Bertz CT molecular complexity index is 305. The smallest absolute Gasteiger partial charge is 0.160 e. The molecule has 0 atom stereocenters. The molecule has 0 unspecified atom stereocenters. The van der Waals surface area contributed by atoms with Crippen molar-refractivity contribution in [3.63, 3.8) is 0 Å². The molecule has 0 aliphatic carbocycles. The summed E-state index contributed by atoms with van der Waals surface area (Å²) in [4.78, 5) is 4.19. The number of aromatic nitrogens is 1. The first-order valence-electron chi connectivity index (χ1n) is 5.26. The van der Waals surface area contributed by atoms with E-state index in [1.54, 1.807) is 6.20 Å². The Morgan fingerprint density at radius 3 is 2.93 bits per heavy atom. The van der Waals surface area contributed by atoms with Gasteiger partial charge in [-0.2, -0.15) is 0 Å². The molecule has 3 heteroatoms. The highest BCUT2D eigenvalue weighted by Crippen LogP contribution is 2.09. The van der Waals surface area contributed by atoms with E-state index in [2.05, 4.69) is 4.98 Å². The van der Waals surface area contributed by atoms with Crippen LogP contribution in [-0.4, -0.2) is 24.5 Å². The van der Waals surface area contributed by atoms with E-state index < -0.39 is 0 Å². The molecule has 3 nitrogen and oxygen atoms in total. The van der Waals surface area contributed by atoms with Crippen molar-refractivity contribution in [2.45, 2.75) is 19.1 Å². The van der Waals surface area contributed by atoms with Gasteiger partial charge >= 0.3 is 0 Å². The number of hydrogen-bond donors (Lipinski definition) is 0. The maximum atomic E-state index is 5.42. The van der Waals surface area contributed by atoms with E-state index in [0.29, 0.717) is 0 Å². The molecule has 1 saturated heterocycles. The van der Waals surface area contributed by atoms with Gasteiger partial charge < -0.3 is 9.47 Å². The lowest BCUT2D eigenvalue weighted by Gasteiger charge is -2.21.